The SMILES string of the molecule is COc1cccc(N)c1-c1nnnn1C(C)C(C)(C)C. The maximum atomic E-state index is 6.08. The third kappa shape index (κ3) is 2.45. The van der Waals surface area contributed by atoms with Crippen LogP contribution in [-0.2, 0) is 0 Å². The lowest BCUT2D eigenvalue weighted by Gasteiger charge is -2.27. The van der Waals surface area contributed by atoms with E-state index in [-0.39, 0.29) is 11.5 Å². The summed E-state index contributed by atoms with van der Waals surface area (Å²) in [5.41, 5.74) is 7.44. The Morgan fingerprint density at radius 2 is 2.00 bits per heavy atom. The lowest BCUT2D eigenvalue weighted by atomic mass is 9.88. The number of rotatable bonds is 3. The van der Waals surface area contributed by atoms with Crippen LogP contribution in [0, 0.1) is 5.41 Å². The molecule has 1 atom stereocenters. The predicted molar refractivity (Wildman–Crippen MR) is 78.4 cm³/mol. The molecule has 2 N–H and O–H groups in total. The number of ether oxygens (including phenoxy) is 1. The number of nitrogen functional groups attached to an aromatic ring is 1. The summed E-state index contributed by atoms with van der Waals surface area (Å²) in [4.78, 5) is 0. The smallest absolute Gasteiger partial charge is 0.188 e. The lowest BCUT2D eigenvalue weighted by Crippen LogP contribution is -2.23. The van der Waals surface area contributed by atoms with Crippen molar-refractivity contribution in [3.63, 3.8) is 0 Å². The second-order valence-corrected chi connectivity index (χ2v) is 5.91. The number of methoxy groups -OCH3 is 1. The zero-order chi connectivity index (χ0) is 14.9. The van der Waals surface area contributed by atoms with Gasteiger partial charge in [-0.25, -0.2) is 4.68 Å². The van der Waals surface area contributed by atoms with Gasteiger partial charge >= 0.3 is 0 Å². The Labute approximate surface area is 118 Å². The summed E-state index contributed by atoms with van der Waals surface area (Å²) in [7, 11) is 1.61. The average molecular weight is 275 g/mol. The molecule has 1 aromatic heterocycles. The normalized spacial score (nSPS) is 13.2. The van der Waals surface area contributed by atoms with E-state index in [1.807, 2.05) is 18.2 Å². The van der Waals surface area contributed by atoms with E-state index in [2.05, 4.69) is 43.2 Å². The van der Waals surface area contributed by atoms with Crippen molar-refractivity contribution in [3.05, 3.63) is 18.2 Å². The van der Waals surface area contributed by atoms with Crippen LogP contribution in [0.25, 0.3) is 11.4 Å². The topological polar surface area (TPSA) is 78.8 Å². The molecule has 0 aliphatic carbocycles. The fourth-order valence-electron chi connectivity index (χ4n) is 1.94. The van der Waals surface area contributed by atoms with Crippen LogP contribution in [0.15, 0.2) is 18.2 Å². The first-order valence-corrected chi connectivity index (χ1v) is 6.57. The minimum atomic E-state index is 0.0287. The molecule has 0 aliphatic rings. The summed E-state index contributed by atoms with van der Waals surface area (Å²) >= 11 is 0. The van der Waals surface area contributed by atoms with Gasteiger partial charge in [-0.3, -0.25) is 0 Å². The Kier molecular flexibility index (Phi) is 3.65. The molecule has 1 aromatic carbocycles. The molecule has 6 heteroatoms. The highest BCUT2D eigenvalue weighted by Crippen LogP contribution is 2.37. The third-order valence-corrected chi connectivity index (χ3v) is 3.61. The molecule has 0 saturated heterocycles. The number of nitrogens with zero attached hydrogens (tertiary/aromatic N) is 4. The van der Waals surface area contributed by atoms with E-state index >= 15 is 0 Å². The standard InChI is InChI=1S/C14H21N5O/c1-9(14(2,3)4)19-13(16-17-18-19)12-10(15)7-6-8-11(12)20-5/h6-9H,15H2,1-5H3. The number of hydrogen-bond acceptors (Lipinski definition) is 5. The van der Waals surface area contributed by atoms with Gasteiger partial charge in [-0.05, 0) is 34.9 Å². The minimum absolute atomic E-state index is 0.0287. The van der Waals surface area contributed by atoms with Crippen LogP contribution in [0.1, 0.15) is 33.7 Å². The Hall–Kier alpha value is -2.11. The molecule has 1 unspecified atom stereocenters. The van der Waals surface area contributed by atoms with Crippen LogP contribution in [0.3, 0.4) is 0 Å². The molecule has 1 heterocycles. The van der Waals surface area contributed by atoms with Crippen molar-refractivity contribution in [1.29, 1.82) is 0 Å². The fraction of sp³-hybridized carbons (Fsp3) is 0.500. The molecule has 0 amide bonds. The van der Waals surface area contributed by atoms with Crippen LogP contribution in [0.5, 0.6) is 5.75 Å². The van der Waals surface area contributed by atoms with Crippen molar-refractivity contribution in [1.82, 2.24) is 20.2 Å². The minimum Gasteiger partial charge on any atom is -0.496 e. The molecular weight excluding hydrogens is 254 g/mol. The van der Waals surface area contributed by atoms with E-state index in [1.165, 1.54) is 0 Å². The summed E-state index contributed by atoms with van der Waals surface area (Å²) in [5.74, 6) is 1.30. The first-order valence-electron chi connectivity index (χ1n) is 6.57. The lowest BCUT2D eigenvalue weighted by molar-refractivity contribution is 0.243. The number of benzene rings is 1. The van der Waals surface area contributed by atoms with E-state index < -0.39 is 0 Å². The molecule has 20 heavy (non-hydrogen) atoms. The second kappa shape index (κ2) is 5.11. The van der Waals surface area contributed by atoms with Gasteiger partial charge in [-0.15, -0.1) is 5.10 Å². The molecule has 0 radical (unpaired) electrons. The molecule has 2 rings (SSSR count). The van der Waals surface area contributed by atoms with Crippen molar-refractivity contribution in [2.24, 2.45) is 5.41 Å². The zero-order valence-electron chi connectivity index (χ0n) is 12.6. The number of hydrogen-bond donors (Lipinski definition) is 1. The van der Waals surface area contributed by atoms with Crippen LogP contribution in [0.4, 0.5) is 5.69 Å². The van der Waals surface area contributed by atoms with E-state index in [1.54, 1.807) is 11.8 Å². The highest BCUT2D eigenvalue weighted by molar-refractivity contribution is 5.77. The van der Waals surface area contributed by atoms with E-state index in [9.17, 15) is 0 Å². The Morgan fingerprint density at radius 3 is 2.60 bits per heavy atom. The number of aromatic nitrogens is 4. The summed E-state index contributed by atoms with van der Waals surface area (Å²) in [6, 6.07) is 5.64. The van der Waals surface area contributed by atoms with Gasteiger partial charge in [0.25, 0.3) is 0 Å². The molecule has 2 aromatic rings. The Balaban J connectivity index is 2.59. The number of tetrazole rings is 1. The highest BCUT2D eigenvalue weighted by Gasteiger charge is 2.27. The first-order chi connectivity index (χ1) is 9.36. The first kappa shape index (κ1) is 14.3. The van der Waals surface area contributed by atoms with Gasteiger partial charge in [0.2, 0.25) is 0 Å². The summed E-state index contributed by atoms with van der Waals surface area (Å²) < 4.78 is 7.18. The van der Waals surface area contributed by atoms with Gasteiger partial charge in [-0.1, -0.05) is 26.8 Å². The van der Waals surface area contributed by atoms with E-state index in [0.29, 0.717) is 17.3 Å². The number of nitrogens with two attached hydrogens (primary N) is 1. The molecule has 0 bridgehead atoms. The summed E-state index contributed by atoms with van der Waals surface area (Å²) in [6.45, 7) is 8.53. The molecule has 0 spiro atoms. The van der Waals surface area contributed by atoms with Gasteiger partial charge in [0.15, 0.2) is 5.82 Å². The summed E-state index contributed by atoms with van der Waals surface area (Å²) in [6.07, 6.45) is 0. The zero-order valence-corrected chi connectivity index (χ0v) is 12.6. The number of anilines is 1. The highest BCUT2D eigenvalue weighted by atomic mass is 16.5. The van der Waals surface area contributed by atoms with Gasteiger partial charge in [0, 0.05) is 5.69 Å². The van der Waals surface area contributed by atoms with Crippen LogP contribution in [-0.4, -0.2) is 27.3 Å². The molecule has 6 nitrogen and oxygen atoms in total. The van der Waals surface area contributed by atoms with Crippen molar-refractivity contribution in [2.45, 2.75) is 33.7 Å². The molecule has 0 saturated carbocycles. The largest absolute Gasteiger partial charge is 0.496 e. The predicted octanol–water partition coefficient (Wildman–Crippen LogP) is 2.54. The average Bonchev–Trinajstić information content (AvgIpc) is 2.84. The van der Waals surface area contributed by atoms with Gasteiger partial charge in [-0.2, -0.15) is 0 Å². The van der Waals surface area contributed by atoms with Gasteiger partial charge in [0.05, 0.1) is 18.7 Å². The van der Waals surface area contributed by atoms with Crippen molar-refractivity contribution >= 4 is 5.69 Å². The van der Waals surface area contributed by atoms with Crippen molar-refractivity contribution in [2.75, 3.05) is 12.8 Å². The Bertz CT molecular complexity index is 600. The van der Waals surface area contributed by atoms with Crippen LogP contribution < -0.4 is 10.5 Å². The maximum absolute atomic E-state index is 6.08. The van der Waals surface area contributed by atoms with Crippen LogP contribution in [0.2, 0.25) is 0 Å². The van der Waals surface area contributed by atoms with Crippen LogP contribution >= 0.6 is 0 Å². The van der Waals surface area contributed by atoms with E-state index in [4.69, 9.17) is 10.5 Å². The maximum Gasteiger partial charge on any atom is 0.188 e. The van der Waals surface area contributed by atoms with Crippen molar-refractivity contribution in [3.8, 4) is 17.1 Å². The molecular formula is C14H21N5O. The van der Waals surface area contributed by atoms with Gasteiger partial charge < -0.3 is 10.5 Å². The third-order valence-electron chi connectivity index (χ3n) is 3.61. The fourth-order valence-corrected chi connectivity index (χ4v) is 1.94. The summed E-state index contributed by atoms with van der Waals surface area (Å²) in [5, 5.41) is 12.1. The monoisotopic (exact) mass is 275 g/mol. The van der Waals surface area contributed by atoms with E-state index in [0.717, 1.165) is 5.56 Å². The second-order valence-electron chi connectivity index (χ2n) is 5.91. The Morgan fingerprint density at radius 1 is 1.30 bits per heavy atom. The quantitative estimate of drug-likeness (QED) is 0.871. The molecule has 0 fully saturated rings. The van der Waals surface area contributed by atoms with Gasteiger partial charge in [0.1, 0.15) is 5.75 Å². The molecule has 108 valence electrons. The molecule has 0 aliphatic heterocycles. The van der Waals surface area contributed by atoms with Crippen molar-refractivity contribution < 1.29 is 4.74 Å².